The zero-order valence-electron chi connectivity index (χ0n) is 10.5. The van der Waals surface area contributed by atoms with Crippen LogP contribution in [0.4, 0.5) is 0 Å². The van der Waals surface area contributed by atoms with E-state index >= 15 is 0 Å². The van der Waals surface area contributed by atoms with E-state index in [4.69, 9.17) is 9.15 Å². The number of ether oxygens (including phenoxy) is 1. The van der Waals surface area contributed by atoms with E-state index in [-0.39, 0.29) is 0 Å². The zero-order chi connectivity index (χ0) is 12.8. The van der Waals surface area contributed by atoms with Gasteiger partial charge in [-0.05, 0) is 36.2 Å². The van der Waals surface area contributed by atoms with E-state index in [1.165, 1.54) is 5.56 Å². The van der Waals surface area contributed by atoms with Crippen LogP contribution in [0.3, 0.4) is 0 Å². The van der Waals surface area contributed by atoms with Crippen LogP contribution >= 0.6 is 0 Å². The van der Waals surface area contributed by atoms with Crippen LogP contribution in [0.15, 0.2) is 47.3 Å². The second kappa shape index (κ2) is 6.26. The van der Waals surface area contributed by atoms with Crippen LogP contribution in [0.2, 0.25) is 0 Å². The van der Waals surface area contributed by atoms with Gasteiger partial charge in [0.25, 0.3) is 0 Å². The molecular weight excluding hydrogens is 228 g/mol. The second-order valence-corrected chi connectivity index (χ2v) is 4.44. The maximum absolute atomic E-state index is 9.83. The monoisotopic (exact) mass is 246 g/mol. The Labute approximate surface area is 107 Å². The minimum Gasteiger partial charge on any atom is -0.493 e. The van der Waals surface area contributed by atoms with Crippen LogP contribution in [0, 0.1) is 6.92 Å². The van der Waals surface area contributed by atoms with Gasteiger partial charge in [-0.15, -0.1) is 0 Å². The van der Waals surface area contributed by atoms with Gasteiger partial charge in [0.05, 0.1) is 25.2 Å². The molecule has 18 heavy (non-hydrogen) atoms. The van der Waals surface area contributed by atoms with Crippen molar-refractivity contribution >= 4 is 0 Å². The van der Waals surface area contributed by atoms with Crippen LogP contribution in [0.1, 0.15) is 17.5 Å². The highest BCUT2D eigenvalue weighted by Gasteiger charge is 2.07. The summed E-state index contributed by atoms with van der Waals surface area (Å²) in [5.74, 6) is 0.852. The van der Waals surface area contributed by atoms with Crippen molar-refractivity contribution in [2.24, 2.45) is 0 Å². The molecule has 0 fully saturated rings. The smallest absolute Gasteiger partial charge is 0.119 e. The Morgan fingerprint density at radius 3 is 2.94 bits per heavy atom. The minimum absolute atomic E-state index is 0.396. The van der Waals surface area contributed by atoms with E-state index in [0.29, 0.717) is 19.4 Å². The molecule has 1 heterocycles. The number of hydrogen-bond acceptors (Lipinski definition) is 3. The Morgan fingerprint density at radius 2 is 2.22 bits per heavy atom. The maximum atomic E-state index is 9.83. The summed E-state index contributed by atoms with van der Waals surface area (Å²) < 4.78 is 10.6. The van der Waals surface area contributed by atoms with Gasteiger partial charge in [-0.25, -0.2) is 0 Å². The number of aliphatic hydroxyl groups excluding tert-OH is 1. The molecule has 1 N–H and O–H groups in total. The summed E-state index contributed by atoms with van der Waals surface area (Å²) in [4.78, 5) is 0. The second-order valence-electron chi connectivity index (χ2n) is 4.44. The first kappa shape index (κ1) is 12.7. The summed E-state index contributed by atoms with van der Waals surface area (Å²) in [7, 11) is 0. The Bertz CT molecular complexity index is 462. The zero-order valence-corrected chi connectivity index (χ0v) is 10.5. The molecule has 2 aromatic rings. The molecule has 0 radical (unpaired) electrons. The molecule has 1 atom stereocenters. The van der Waals surface area contributed by atoms with Crippen LogP contribution in [0.5, 0.6) is 5.75 Å². The molecule has 96 valence electrons. The predicted octanol–water partition coefficient (Wildman–Crippen LogP) is 2.96. The van der Waals surface area contributed by atoms with Crippen LogP contribution in [0.25, 0.3) is 0 Å². The summed E-state index contributed by atoms with van der Waals surface area (Å²) >= 11 is 0. The van der Waals surface area contributed by atoms with Crippen molar-refractivity contribution in [3.63, 3.8) is 0 Å². The van der Waals surface area contributed by atoms with E-state index < -0.39 is 6.10 Å². The average molecular weight is 246 g/mol. The molecule has 0 spiro atoms. The molecule has 3 nitrogen and oxygen atoms in total. The van der Waals surface area contributed by atoms with Gasteiger partial charge < -0.3 is 14.3 Å². The third-order valence-electron chi connectivity index (χ3n) is 2.76. The normalized spacial score (nSPS) is 12.3. The molecule has 3 heteroatoms. The van der Waals surface area contributed by atoms with Gasteiger partial charge in [0.15, 0.2) is 0 Å². The van der Waals surface area contributed by atoms with Crippen LogP contribution < -0.4 is 4.74 Å². The summed E-state index contributed by atoms with van der Waals surface area (Å²) in [6, 6.07) is 9.77. The van der Waals surface area contributed by atoms with Crippen LogP contribution in [-0.2, 0) is 6.42 Å². The highest BCUT2D eigenvalue weighted by atomic mass is 16.5. The molecule has 2 rings (SSSR count). The van der Waals surface area contributed by atoms with Gasteiger partial charge in [0.1, 0.15) is 5.75 Å². The molecule has 1 aromatic heterocycles. The van der Waals surface area contributed by atoms with Gasteiger partial charge in [0, 0.05) is 12.8 Å². The van der Waals surface area contributed by atoms with Crippen molar-refractivity contribution in [1.29, 1.82) is 0 Å². The fraction of sp³-hybridized carbons (Fsp3) is 0.333. The molecule has 1 aromatic carbocycles. The molecule has 0 amide bonds. The third-order valence-corrected chi connectivity index (χ3v) is 2.76. The van der Waals surface area contributed by atoms with Gasteiger partial charge in [-0.1, -0.05) is 12.1 Å². The maximum Gasteiger partial charge on any atom is 0.119 e. The molecule has 0 bridgehead atoms. The number of aliphatic hydroxyl groups is 1. The molecule has 0 aliphatic heterocycles. The summed E-state index contributed by atoms with van der Waals surface area (Å²) in [5.41, 5.74) is 2.18. The van der Waals surface area contributed by atoms with E-state index in [2.05, 4.69) is 0 Å². The number of aryl methyl sites for hydroxylation is 1. The highest BCUT2D eigenvalue weighted by molar-refractivity contribution is 5.27. The summed E-state index contributed by atoms with van der Waals surface area (Å²) in [6.07, 6.45) is 4.09. The number of hydrogen-bond donors (Lipinski definition) is 1. The summed E-state index contributed by atoms with van der Waals surface area (Å²) in [6.45, 7) is 2.54. The van der Waals surface area contributed by atoms with E-state index in [9.17, 15) is 5.11 Å². The Kier molecular flexibility index (Phi) is 4.42. The lowest BCUT2D eigenvalue weighted by molar-refractivity contribution is 0.139. The van der Waals surface area contributed by atoms with Crippen molar-refractivity contribution in [3.05, 3.63) is 54.0 Å². The quantitative estimate of drug-likeness (QED) is 0.852. The first-order valence-electron chi connectivity index (χ1n) is 6.12. The molecular formula is C15H18O3. The lowest BCUT2D eigenvalue weighted by Crippen LogP contribution is -2.14. The Morgan fingerprint density at radius 1 is 1.33 bits per heavy atom. The fourth-order valence-corrected chi connectivity index (χ4v) is 1.80. The van der Waals surface area contributed by atoms with Crippen molar-refractivity contribution in [1.82, 2.24) is 0 Å². The van der Waals surface area contributed by atoms with Gasteiger partial charge in [0.2, 0.25) is 0 Å². The van der Waals surface area contributed by atoms with E-state index in [1.807, 2.05) is 37.3 Å². The number of furan rings is 1. The molecule has 0 aliphatic carbocycles. The van der Waals surface area contributed by atoms with Crippen molar-refractivity contribution in [3.8, 4) is 5.75 Å². The summed E-state index contributed by atoms with van der Waals surface area (Å²) in [5, 5.41) is 9.83. The standard InChI is InChI=1S/C15H18O3/c1-12-3-2-4-15(9-12)18-8-6-14(16)10-13-5-7-17-11-13/h2-5,7,9,11,14,16H,6,8,10H2,1H3. The topological polar surface area (TPSA) is 42.6 Å². The fourth-order valence-electron chi connectivity index (χ4n) is 1.80. The lowest BCUT2D eigenvalue weighted by atomic mass is 10.1. The molecule has 0 aliphatic rings. The van der Waals surface area contributed by atoms with E-state index in [1.54, 1.807) is 12.5 Å². The van der Waals surface area contributed by atoms with Crippen LogP contribution in [-0.4, -0.2) is 17.8 Å². The number of rotatable bonds is 6. The van der Waals surface area contributed by atoms with Gasteiger partial charge in [-0.3, -0.25) is 0 Å². The predicted molar refractivity (Wildman–Crippen MR) is 69.7 cm³/mol. The largest absolute Gasteiger partial charge is 0.493 e. The molecule has 1 unspecified atom stereocenters. The number of benzene rings is 1. The highest BCUT2D eigenvalue weighted by Crippen LogP contribution is 2.13. The van der Waals surface area contributed by atoms with Crippen molar-refractivity contribution < 1.29 is 14.3 Å². The molecule has 0 saturated carbocycles. The Balaban J connectivity index is 1.72. The SMILES string of the molecule is Cc1cccc(OCCC(O)Cc2ccoc2)c1. The van der Waals surface area contributed by atoms with Gasteiger partial charge >= 0.3 is 0 Å². The third kappa shape index (κ3) is 3.93. The lowest BCUT2D eigenvalue weighted by Gasteiger charge is -2.11. The molecule has 0 saturated heterocycles. The first-order chi connectivity index (χ1) is 8.74. The minimum atomic E-state index is -0.396. The van der Waals surface area contributed by atoms with Crippen molar-refractivity contribution in [2.75, 3.05) is 6.61 Å². The Hall–Kier alpha value is -1.74. The van der Waals surface area contributed by atoms with E-state index in [0.717, 1.165) is 11.3 Å². The average Bonchev–Trinajstić information content (AvgIpc) is 2.82. The van der Waals surface area contributed by atoms with Crippen molar-refractivity contribution in [2.45, 2.75) is 25.9 Å². The van der Waals surface area contributed by atoms with Gasteiger partial charge in [-0.2, -0.15) is 0 Å². The first-order valence-corrected chi connectivity index (χ1v) is 6.12.